The first-order valence-electron chi connectivity index (χ1n) is 7.55. The van der Waals surface area contributed by atoms with E-state index >= 15 is 0 Å². The monoisotopic (exact) mass is 322 g/mol. The average Bonchev–Trinajstić information content (AvgIpc) is 2.92. The number of rotatable bonds is 6. The third-order valence-electron chi connectivity index (χ3n) is 4.16. The fraction of sp³-hybridized carbons (Fsp3) is 0.600. The van der Waals surface area contributed by atoms with Gasteiger partial charge in [-0.3, -0.25) is 14.5 Å². The number of imide groups is 1. The van der Waals surface area contributed by atoms with Gasteiger partial charge in [0.05, 0.1) is 12.1 Å². The number of amides is 4. The molecule has 2 rings (SSSR count). The molecule has 0 aliphatic carbocycles. The summed E-state index contributed by atoms with van der Waals surface area (Å²) in [6.45, 7) is 4.25. The van der Waals surface area contributed by atoms with Crippen LogP contribution < -0.4 is 5.32 Å². The van der Waals surface area contributed by atoms with Crippen LogP contribution >= 0.6 is 0 Å². The van der Waals surface area contributed by atoms with Gasteiger partial charge in [-0.15, -0.1) is 0 Å². The van der Waals surface area contributed by atoms with Gasteiger partial charge in [0.15, 0.2) is 0 Å². The van der Waals surface area contributed by atoms with Crippen LogP contribution in [0.2, 0.25) is 0 Å². The molecule has 1 aromatic heterocycles. The second kappa shape index (κ2) is 6.80. The lowest BCUT2D eigenvalue weighted by atomic mass is 10.1. The molecule has 0 aromatic carbocycles. The molecule has 1 aromatic rings. The van der Waals surface area contributed by atoms with E-state index in [-0.39, 0.29) is 24.3 Å². The lowest BCUT2D eigenvalue weighted by Gasteiger charge is -2.15. The third-order valence-corrected chi connectivity index (χ3v) is 4.16. The highest BCUT2D eigenvalue weighted by Crippen LogP contribution is 2.17. The number of urea groups is 1. The second-order valence-corrected chi connectivity index (χ2v) is 5.77. The van der Waals surface area contributed by atoms with Gasteiger partial charge >= 0.3 is 6.03 Å². The van der Waals surface area contributed by atoms with Crippen molar-refractivity contribution in [2.75, 3.05) is 20.6 Å². The zero-order valence-corrected chi connectivity index (χ0v) is 13.9. The molecule has 0 unspecified atom stereocenters. The predicted molar refractivity (Wildman–Crippen MR) is 81.6 cm³/mol. The van der Waals surface area contributed by atoms with Crippen molar-refractivity contribution in [2.45, 2.75) is 39.2 Å². The lowest BCUT2D eigenvalue weighted by Crippen LogP contribution is -2.37. The van der Waals surface area contributed by atoms with E-state index in [4.69, 9.17) is 4.52 Å². The lowest BCUT2D eigenvalue weighted by molar-refractivity contribution is -0.131. The SMILES string of the molecule is Cc1noc(C)c1CCCNC(=O)C[C@H]1C(=O)N(C)C(=O)N1C. The van der Waals surface area contributed by atoms with Crippen molar-refractivity contribution in [1.82, 2.24) is 20.3 Å². The maximum Gasteiger partial charge on any atom is 0.326 e. The van der Waals surface area contributed by atoms with E-state index in [0.29, 0.717) is 6.54 Å². The van der Waals surface area contributed by atoms with E-state index in [9.17, 15) is 14.4 Å². The molecule has 0 radical (unpaired) electrons. The van der Waals surface area contributed by atoms with Gasteiger partial charge in [0.1, 0.15) is 11.8 Å². The van der Waals surface area contributed by atoms with E-state index in [1.807, 2.05) is 13.8 Å². The van der Waals surface area contributed by atoms with Gasteiger partial charge in [0, 0.05) is 26.2 Å². The fourth-order valence-corrected chi connectivity index (χ4v) is 2.68. The summed E-state index contributed by atoms with van der Waals surface area (Å²) >= 11 is 0. The Balaban J connectivity index is 1.76. The summed E-state index contributed by atoms with van der Waals surface area (Å²) < 4.78 is 5.09. The largest absolute Gasteiger partial charge is 0.361 e. The van der Waals surface area contributed by atoms with Crippen LogP contribution in [0.25, 0.3) is 0 Å². The summed E-state index contributed by atoms with van der Waals surface area (Å²) in [5.41, 5.74) is 1.94. The van der Waals surface area contributed by atoms with Gasteiger partial charge in [-0.05, 0) is 26.7 Å². The first-order chi connectivity index (χ1) is 10.8. The van der Waals surface area contributed by atoms with E-state index in [1.165, 1.54) is 19.0 Å². The van der Waals surface area contributed by atoms with Crippen LogP contribution in [0.15, 0.2) is 4.52 Å². The molecular formula is C15H22N4O4. The molecule has 126 valence electrons. The zero-order chi connectivity index (χ0) is 17.1. The Hall–Kier alpha value is -2.38. The van der Waals surface area contributed by atoms with Crippen LogP contribution in [0.1, 0.15) is 29.9 Å². The number of aromatic nitrogens is 1. The van der Waals surface area contributed by atoms with Gasteiger partial charge < -0.3 is 14.7 Å². The predicted octanol–water partition coefficient (Wildman–Crippen LogP) is 0.623. The molecule has 1 aliphatic heterocycles. The van der Waals surface area contributed by atoms with Gasteiger partial charge in [0.25, 0.3) is 5.91 Å². The zero-order valence-electron chi connectivity index (χ0n) is 13.9. The summed E-state index contributed by atoms with van der Waals surface area (Å²) in [6, 6.07) is -1.10. The molecule has 23 heavy (non-hydrogen) atoms. The summed E-state index contributed by atoms with van der Waals surface area (Å²) in [4.78, 5) is 37.8. The maximum atomic E-state index is 11.9. The van der Waals surface area contributed by atoms with Gasteiger partial charge in [-0.2, -0.15) is 0 Å². The van der Waals surface area contributed by atoms with Crippen LogP contribution in [0.5, 0.6) is 0 Å². The van der Waals surface area contributed by atoms with E-state index in [0.717, 1.165) is 34.8 Å². The van der Waals surface area contributed by atoms with Crippen molar-refractivity contribution in [3.05, 3.63) is 17.0 Å². The molecule has 1 aliphatic rings. The van der Waals surface area contributed by atoms with Crippen LogP contribution in [0, 0.1) is 13.8 Å². The van der Waals surface area contributed by atoms with Crippen molar-refractivity contribution in [2.24, 2.45) is 0 Å². The molecule has 8 nitrogen and oxygen atoms in total. The van der Waals surface area contributed by atoms with E-state index < -0.39 is 6.04 Å². The molecule has 1 N–H and O–H groups in total. The minimum absolute atomic E-state index is 0.0171. The molecule has 2 heterocycles. The molecular weight excluding hydrogens is 300 g/mol. The average molecular weight is 322 g/mol. The Kier molecular flexibility index (Phi) is 5.02. The molecule has 4 amide bonds. The van der Waals surface area contributed by atoms with Crippen molar-refractivity contribution in [1.29, 1.82) is 0 Å². The smallest absolute Gasteiger partial charge is 0.326 e. The number of aryl methyl sites for hydroxylation is 2. The highest BCUT2D eigenvalue weighted by molar-refractivity contribution is 6.05. The minimum Gasteiger partial charge on any atom is -0.361 e. The molecule has 0 spiro atoms. The third kappa shape index (κ3) is 3.52. The van der Waals surface area contributed by atoms with Gasteiger partial charge in [0.2, 0.25) is 5.91 Å². The Labute approximate surface area is 134 Å². The van der Waals surface area contributed by atoms with Crippen LogP contribution in [-0.4, -0.2) is 59.5 Å². The number of likely N-dealkylation sites (N-methyl/N-ethyl adjacent to an activating group) is 2. The molecule has 1 atom stereocenters. The second-order valence-electron chi connectivity index (χ2n) is 5.77. The summed E-state index contributed by atoms with van der Waals surface area (Å²) in [6.07, 6.45) is 1.50. The number of nitrogens with zero attached hydrogens (tertiary/aromatic N) is 3. The van der Waals surface area contributed by atoms with Crippen molar-refractivity contribution < 1.29 is 18.9 Å². The Morgan fingerprint density at radius 1 is 1.30 bits per heavy atom. The molecule has 0 bridgehead atoms. The normalized spacial score (nSPS) is 18.0. The van der Waals surface area contributed by atoms with Crippen LogP contribution in [0.3, 0.4) is 0 Å². The van der Waals surface area contributed by atoms with Crippen molar-refractivity contribution in [3.8, 4) is 0 Å². The minimum atomic E-state index is -0.713. The van der Waals surface area contributed by atoms with Gasteiger partial charge in [-0.1, -0.05) is 5.16 Å². The van der Waals surface area contributed by atoms with E-state index in [2.05, 4.69) is 10.5 Å². The maximum absolute atomic E-state index is 11.9. The highest BCUT2D eigenvalue weighted by Gasteiger charge is 2.41. The quantitative estimate of drug-likeness (QED) is 0.612. The molecule has 1 fully saturated rings. The van der Waals surface area contributed by atoms with Crippen LogP contribution in [-0.2, 0) is 16.0 Å². The number of carbonyl (C=O) groups excluding carboxylic acids is 3. The van der Waals surface area contributed by atoms with E-state index in [1.54, 1.807) is 0 Å². The number of hydrogen-bond acceptors (Lipinski definition) is 5. The fourth-order valence-electron chi connectivity index (χ4n) is 2.68. The van der Waals surface area contributed by atoms with Crippen molar-refractivity contribution >= 4 is 17.8 Å². The number of hydrogen-bond donors (Lipinski definition) is 1. The van der Waals surface area contributed by atoms with Crippen molar-refractivity contribution in [3.63, 3.8) is 0 Å². The topological polar surface area (TPSA) is 95.7 Å². The highest BCUT2D eigenvalue weighted by atomic mass is 16.5. The Morgan fingerprint density at radius 2 is 2.00 bits per heavy atom. The summed E-state index contributed by atoms with van der Waals surface area (Å²) in [5.74, 6) is 0.217. The molecule has 1 saturated heterocycles. The molecule has 8 heteroatoms. The number of nitrogens with one attached hydrogen (secondary N) is 1. The first kappa shape index (κ1) is 17.0. The van der Waals surface area contributed by atoms with Gasteiger partial charge in [-0.25, -0.2) is 4.79 Å². The Morgan fingerprint density at radius 3 is 2.52 bits per heavy atom. The van der Waals surface area contributed by atoms with Crippen LogP contribution in [0.4, 0.5) is 4.79 Å². The standard InChI is InChI=1S/C15H22N4O4/c1-9-11(10(2)23-17-9)6-5-7-16-13(20)8-12-14(21)19(4)15(22)18(12)3/h12H,5-8H2,1-4H3,(H,16,20)/t12-/m0/s1. The number of carbonyl (C=O) groups is 3. The summed E-state index contributed by atoms with van der Waals surface area (Å²) in [7, 11) is 2.95. The first-order valence-corrected chi connectivity index (χ1v) is 7.55. The summed E-state index contributed by atoms with van der Waals surface area (Å²) in [5, 5.41) is 6.67. The molecule has 0 saturated carbocycles. The Bertz CT molecular complexity index is 605.